The van der Waals surface area contributed by atoms with Crippen LogP contribution in [-0.2, 0) is 0 Å². The van der Waals surface area contributed by atoms with Crippen molar-refractivity contribution in [3.05, 3.63) is 27.3 Å². The van der Waals surface area contributed by atoms with E-state index in [1.54, 1.807) is 12.1 Å². The number of Topliss-reactive ketones (excluding diaryl/α,β-unsaturated/α-hetero) is 1. The van der Waals surface area contributed by atoms with Gasteiger partial charge in [0.1, 0.15) is 5.75 Å². The Labute approximate surface area is 98.6 Å². The second-order valence-electron chi connectivity index (χ2n) is 2.53. The molecule has 0 aliphatic rings. The highest BCUT2D eigenvalue weighted by Gasteiger charge is 2.09. The van der Waals surface area contributed by atoms with E-state index in [1.165, 1.54) is 6.07 Å². The van der Waals surface area contributed by atoms with Gasteiger partial charge in [-0.3, -0.25) is 4.79 Å². The minimum Gasteiger partial charge on any atom is -0.508 e. The topological polar surface area (TPSA) is 37.3 Å². The van der Waals surface area contributed by atoms with Crippen LogP contribution in [0.3, 0.4) is 0 Å². The van der Waals surface area contributed by atoms with E-state index in [0.29, 0.717) is 17.3 Å². The Kier molecular flexibility index (Phi) is 4.18. The predicted octanol–water partition coefficient (Wildman–Crippen LogP) is 2.96. The number of rotatable bonds is 3. The molecular weight excluding hydrogens is 347 g/mol. The zero-order valence-corrected chi connectivity index (χ0v) is 10.5. The number of ketones is 1. The minimum atomic E-state index is 0.0529. The van der Waals surface area contributed by atoms with Gasteiger partial charge >= 0.3 is 0 Å². The summed E-state index contributed by atoms with van der Waals surface area (Å²) in [6.45, 7) is 0. The molecule has 13 heavy (non-hydrogen) atoms. The highest BCUT2D eigenvalue weighted by atomic mass is 127. The molecule has 0 amide bonds. The van der Waals surface area contributed by atoms with E-state index in [-0.39, 0.29) is 11.5 Å². The highest BCUT2D eigenvalue weighted by Crippen LogP contribution is 2.19. The van der Waals surface area contributed by atoms with Crippen molar-refractivity contribution < 1.29 is 9.90 Å². The molecule has 1 aromatic carbocycles. The molecule has 0 aromatic heterocycles. The molecule has 70 valence electrons. The van der Waals surface area contributed by atoms with Crippen LogP contribution in [0.5, 0.6) is 5.75 Å². The van der Waals surface area contributed by atoms with E-state index >= 15 is 0 Å². The number of hydrogen-bond acceptors (Lipinski definition) is 2. The first kappa shape index (κ1) is 11.0. The number of aromatic hydroxyl groups is 1. The first-order chi connectivity index (χ1) is 6.15. The van der Waals surface area contributed by atoms with Crippen LogP contribution in [0.2, 0.25) is 0 Å². The van der Waals surface area contributed by atoms with Gasteiger partial charge in [0.25, 0.3) is 0 Å². The molecule has 0 aliphatic heterocycles. The van der Waals surface area contributed by atoms with Crippen LogP contribution in [0, 0.1) is 3.57 Å². The van der Waals surface area contributed by atoms with E-state index < -0.39 is 0 Å². The third-order valence-corrected chi connectivity index (χ3v) is 2.91. The maximum absolute atomic E-state index is 11.5. The quantitative estimate of drug-likeness (QED) is 0.514. The van der Waals surface area contributed by atoms with Crippen LogP contribution in [-0.4, -0.2) is 16.2 Å². The van der Waals surface area contributed by atoms with Crippen molar-refractivity contribution in [2.75, 3.05) is 5.33 Å². The van der Waals surface area contributed by atoms with Crippen LogP contribution in [0.15, 0.2) is 18.2 Å². The summed E-state index contributed by atoms with van der Waals surface area (Å²) in [4.78, 5) is 11.5. The fourth-order valence-corrected chi connectivity index (χ4v) is 1.94. The lowest BCUT2D eigenvalue weighted by atomic mass is 10.1. The Balaban J connectivity index is 2.99. The number of benzene rings is 1. The van der Waals surface area contributed by atoms with Crippen molar-refractivity contribution in [1.29, 1.82) is 0 Å². The first-order valence-electron chi connectivity index (χ1n) is 3.73. The van der Waals surface area contributed by atoms with Gasteiger partial charge in [0.15, 0.2) is 5.78 Å². The smallest absolute Gasteiger partial charge is 0.164 e. The van der Waals surface area contributed by atoms with Crippen LogP contribution < -0.4 is 0 Å². The lowest BCUT2D eigenvalue weighted by Crippen LogP contribution is -2.01. The molecule has 0 bridgehead atoms. The largest absolute Gasteiger partial charge is 0.508 e. The molecule has 0 saturated carbocycles. The van der Waals surface area contributed by atoms with Crippen molar-refractivity contribution in [2.24, 2.45) is 0 Å². The lowest BCUT2D eigenvalue weighted by molar-refractivity contribution is 0.0988. The molecule has 0 saturated heterocycles. The molecule has 0 aliphatic carbocycles. The van der Waals surface area contributed by atoms with Crippen molar-refractivity contribution in [3.63, 3.8) is 0 Å². The SMILES string of the molecule is O=C(CCBr)c1cc(O)ccc1I. The summed E-state index contributed by atoms with van der Waals surface area (Å²) in [5.74, 6) is 0.190. The summed E-state index contributed by atoms with van der Waals surface area (Å²) in [7, 11) is 0. The van der Waals surface area contributed by atoms with Crippen LogP contribution >= 0.6 is 38.5 Å². The Morgan fingerprint density at radius 1 is 1.54 bits per heavy atom. The standard InChI is InChI=1S/C9H8BrIO2/c10-4-3-9(13)7-5-6(12)1-2-8(7)11/h1-2,5,12H,3-4H2. The monoisotopic (exact) mass is 354 g/mol. The van der Waals surface area contributed by atoms with Gasteiger partial charge in [-0.2, -0.15) is 0 Å². The van der Waals surface area contributed by atoms with Gasteiger partial charge in [-0.1, -0.05) is 15.9 Å². The Morgan fingerprint density at radius 2 is 2.23 bits per heavy atom. The van der Waals surface area contributed by atoms with Crippen LogP contribution in [0.1, 0.15) is 16.8 Å². The van der Waals surface area contributed by atoms with Gasteiger partial charge < -0.3 is 5.11 Å². The molecule has 1 aromatic rings. The summed E-state index contributed by atoms with van der Waals surface area (Å²) in [6.07, 6.45) is 0.458. The number of halogens is 2. The van der Waals surface area contributed by atoms with Gasteiger partial charge in [0.05, 0.1) is 0 Å². The van der Waals surface area contributed by atoms with Gasteiger partial charge in [0.2, 0.25) is 0 Å². The van der Waals surface area contributed by atoms with E-state index in [4.69, 9.17) is 0 Å². The van der Waals surface area contributed by atoms with E-state index in [1.807, 2.05) is 0 Å². The summed E-state index contributed by atoms with van der Waals surface area (Å²) < 4.78 is 0.876. The molecule has 0 heterocycles. The zero-order valence-electron chi connectivity index (χ0n) is 6.76. The predicted molar refractivity (Wildman–Crippen MR) is 63.6 cm³/mol. The number of hydrogen-bond donors (Lipinski definition) is 1. The molecule has 0 unspecified atom stereocenters. The summed E-state index contributed by atoms with van der Waals surface area (Å²) in [5, 5.41) is 9.84. The molecule has 0 spiro atoms. The van der Waals surface area contributed by atoms with E-state index in [2.05, 4.69) is 38.5 Å². The average Bonchev–Trinajstić information content (AvgIpc) is 2.09. The zero-order chi connectivity index (χ0) is 9.84. The number of carbonyl (C=O) groups is 1. The molecule has 2 nitrogen and oxygen atoms in total. The lowest BCUT2D eigenvalue weighted by Gasteiger charge is -2.02. The minimum absolute atomic E-state index is 0.0529. The Morgan fingerprint density at radius 3 is 2.85 bits per heavy atom. The van der Waals surface area contributed by atoms with Crippen LogP contribution in [0.25, 0.3) is 0 Å². The normalized spacial score (nSPS) is 10.0. The molecule has 4 heteroatoms. The summed E-state index contributed by atoms with van der Waals surface area (Å²) in [5.41, 5.74) is 0.597. The number of phenols is 1. The molecule has 0 atom stereocenters. The first-order valence-corrected chi connectivity index (χ1v) is 5.93. The average molecular weight is 355 g/mol. The number of phenolic OH excluding ortho intramolecular Hbond substituents is 1. The number of alkyl halides is 1. The van der Waals surface area contributed by atoms with Crippen molar-refractivity contribution in [3.8, 4) is 5.75 Å². The van der Waals surface area contributed by atoms with Crippen LogP contribution in [0.4, 0.5) is 0 Å². The fraction of sp³-hybridized carbons (Fsp3) is 0.222. The third kappa shape index (κ3) is 2.95. The maximum atomic E-state index is 11.5. The van der Waals surface area contributed by atoms with Crippen molar-refractivity contribution >= 4 is 44.3 Å². The van der Waals surface area contributed by atoms with E-state index in [9.17, 15) is 9.90 Å². The van der Waals surface area contributed by atoms with Crippen molar-refractivity contribution in [1.82, 2.24) is 0 Å². The third-order valence-electron chi connectivity index (χ3n) is 1.57. The molecule has 1 N–H and O–H groups in total. The Hall–Kier alpha value is -0.100. The van der Waals surface area contributed by atoms with Gasteiger partial charge in [0, 0.05) is 20.9 Å². The number of carbonyl (C=O) groups excluding carboxylic acids is 1. The molecule has 0 radical (unpaired) electrons. The van der Waals surface area contributed by atoms with E-state index in [0.717, 1.165) is 3.57 Å². The van der Waals surface area contributed by atoms with Gasteiger partial charge in [-0.05, 0) is 40.8 Å². The van der Waals surface area contributed by atoms with Gasteiger partial charge in [-0.25, -0.2) is 0 Å². The molecular formula is C9H8BrIO2. The molecule has 1 rings (SSSR count). The fourth-order valence-electron chi connectivity index (χ4n) is 0.947. The highest BCUT2D eigenvalue weighted by molar-refractivity contribution is 14.1. The van der Waals surface area contributed by atoms with Crippen molar-refractivity contribution in [2.45, 2.75) is 6.42 Å². The molecule has 0 fully saturated rings. The second-order valence-corrected chi connectivity index (χ2v) is 4.48. The Bertz CT molecular complexity index is 325. The summed E-state index contributed by atoms with van der Waals surface area (Å²) in [6, 6.07) is 4.82. The second kappa shape index (κ2) is 4.95. The maximum Gasteiger partial charge on any atom is 0.164 e. The summed E-state index contributed by atoms with van der Waals surface area (Å²) >= 11 is 5.29. The van der Waals surface area contributed by atoms with Gasteiger partial charge in [-0.15, -0.1) is 0 Å².